The Hall–Kier alpha value is -0.830. The Balaban J connectivity index is 2.33. The van der Waals surface area contributed by atoms with Gasteiger partial charge in [0.2, 0.25) is 0 Å². The van der Waals surface area contributed by atoms with E-state index in [1.807, 2.05) is 11.3 Å². The number of halogens is 1. The van der Waals surface area contributed by atoms with Crippen molar-refractivity contribution in [3.8, 4) is 0 Å². The molecule has 1 aromatic heterocycles. The highest BCUT2D eigenvalue weighted by Crippen LogP contribution is 2.40. The standard InChI is InChI=1S/C16H18ClNS/c1-10(2)8-15-12-9-18(3)7-6-11-13(17)4-5-14(19-15)16(11)12/h4-5,8H,6-7,9H2,1-3H3. The van der Waals surface area contributed by atoms with E-state index in [2.05, 4.69) is 44.0 Å². The summed E-state index contributed by atoms with van der Waals surface area (Å²) in [6.45, 7) is 6.41. The molecule has 1 aliphatic heterocycles. The van der Waals surface area contributed by atoms with Crippen molar-refractivity contribution < 1.29 is 0 Å². The molecule has 1 aromatic carbocycles. The minimum Gasteiger partial charge on any atom is -0.302 e. The summed E-state index contributed by atoms with van der Waals surface area (Å²) in [6, 6.07) is 4.22. The summed E-state index contributed by atoms with van der Waals surface area (Å²) in [5.74, 6) is 0. The number of nitrogens with zero attached hydrogens (tertiary/aromatic N) is 1. The first-order valence-corrected chi connectivity index (χ1v) is 7.82. The molecule has 0 unspecified atom stereocenters. The molecule has 2 aromatic rings. The van der Waals surface area contributed by atoms with E-state index in [-0.39, 0.29) is 0 Å². The van der Waals surface area contributed by atoms with Crippen LogP contribution in [0.25, 0.3) is 16.2 Å². The number of hydrogen-bond acceptors (Lipinski definition) is 2. The van der Waals surface area contributed by atoms with Gasteiger partial charge < -0.3 is 4.90 Å². The molecule has 0 fully saturated rings. The van der Waals surface area contributed by atoms with Crippen molar-refractivity contribution in [3.63, 3.8) is 0 Å². The van der Waals surface area contributed by atoms with Gasteiger partial charge in [-0.3, -0.25) is 0 Å². The molecule has 0 N–H and O–H groups in total. The van der Waals surface area contributed by atoms with Crippen molar-refractivity contribution in [2.45, 2.75) is 26.8 Å². The quantitative estimate of drug-likeness (QED) is 0.717. The van der Waals surface area contributed by atoms with E-state index < -0.39 is 0 Å². The van der Waals surface area contributed by atoms with Crippen molar-refractivity contribution in [3.05, 3.63) is 38.7 Å². The molecule has 3 rings (SSSR count). The summed E-state index contributed by atoms with van der Waals surface area (Å²) < 4.78 is 1.37. The molecule has 1 aliphatic rings. The number of benzene rings is 1. The van der Waals surface area contributed by atoms with Gasteiger partial charge in [-0.25, -0.2) is 0 Å². The molecule has 0 radical (unpaired) electrons. The second-order valence-corrected chi connectivity index (χ2v) is 7.04. The van der Waals surface area contributed by atoms with E-state index in [0.29, 0.717) is 0 Å². The van der Waals surface area contributed by atoms with Gasteiger partial charge in [-0.2, -0.15) is 0 Å². The van der Waals surface area contributed by atoms with Gasteiger partial charge in [-0.15, -0.1) is 11.3 Å². The van der Waals surface area contributed by atoms with Crippen LogP contribution in [0.2, 0.25) is 5.02 Å². The highest BCUT2D eigenvalue weighted by Gasteiger charge is 2.20. The predicted octanol–water partition coefficient (Wildman–Crippen LogP) is 4.97. The lowest BCUT2D eigenvalue weighted by Gasteiger charge is -2.13. The highest BCUT2D eigenvalue weighted by molar-refractivity contribution is 7.20. The molecular formula is C16H18ClNS. The van der Waals surface area contributed by atoms with Crippen LogP contribution in [0.1, 0.15) is 29.9 Å². The molecule has 0 bridgehead atoms. The van der Waals surface area contributed by atoms with Crippen LogP contribution in [0, 0.1) is 0 Å². The van der Waals surface area contributed by atoms with E-state index >= 15 is 0 Å². The topological polar surface area (TPSA) is 3.24 Å². The molecule has 3 heteroatoms. The Morgan fingerprint density at radius 2 is 2.11 bits per heavy atom. The van der Waals surface area contributed by atoms with Gasteiger partial charge in [0.05, 0.1) is 0 Å². The number of thiophene rings is 1. The molecule has 2 heterocycles. The molecule has 0 saturated carbocycles. The molecule has 0 spiro atoms. The zero-order chi connectivity index (χ0) is 13.6. The average molecular weight is 292 g/mol. The largest absolute Gasteiger partial charge is 0.302 e. The fraction of sp³-hybridized carbons (Fsp3) is 0.375. The summed E-state index contributed by atoms with van der Waals surface area (Å²) in [4.78, 5) is 3.78. The first-order valence-electron chi connectivity index (χ1n) is 6.62. The van der Waals surface area contributed by atoms with Crippen molar-refractivity contribution in [1.82, 2.24) is 4.90 Å². The molecular weight excluding hydrogens is 274 g/mol. The third-order valence-electron chi connectivity index (χ3n) is 3.63. The van der Waals surface area contributed by atoms with Crippen molar-refractivity contribution in [1.29, 1.82) is 0 Å². The smallest absolute Gasteiger partial charge is 0.0445 e. The molecule has 0 aliphatic carbocycles. The van der Waals surface area contributed by atoms with Crippen LogP contribution in [0.15, 0.2) is 17.7 Å². The Kier molecular flexibility index (Phi) is 3.42. The van der Waals surface area contributed by atoms with Crippen LogP contribution >= 0.6 is 22.9 Å². The summed E-state index contributed by atoms with van der Waals surface area (Å²) >= 11 is 8.30. The number of likely N-dealkylation sites (N-methyl/N-ethyl adjacent to an activating group) is 1. The Labute approximate surface area is 123 Å². The van der Waals surface area contributed by atoms with Crippen molar-refractivity contribution >= 4 is 39.1 Å². The third-order valence-corrected chi connectivity index (χ3v) is 5.13. The summed E-state index contributed by atoms with van der Waals surface area (Å²) in [5.41, 5.74) is 4.14. The predicted molar refractivity (Wildman–Crippen MR) is 86.2 cm³/mol. The van der Waals surface area contributed by atoms with Crippen LogP contribution in [0.3, 0.4) is 0 Å². The van der Waals surface area contributed by atoms with Crippen molar-refractivity contribution in [2.75, 3.05) is 13.6 Å². The number of hydrogen-bond donors (Lipinski definition) is 0. The van der Waals surface area contributed by atoms with Gasteiger partial charge >= 0.3 is 0 Å². The van der Waals surface area contributed by atoms with Crippen LogP contribution in [0.5, 0.6) is 0 Å². The molecule has 1 nitrogen and oxygen atoms in total. The van der Waals surface area contributed by atoms with Crippen LogP contribution < -0.4 is 0 Å². The summed E-state index contributed by atoms with van der Waals surface area (Å²) in [5, 5.41) is 2.33. The van der Waals surface area contributed by atoms with Gasteiger partial charge in [0.25, 0.3) is 0 Å². The first-order chi connectivity index (χ1) is 9.06. The Morgan fingerprint density at radius 1 is 1.32 bits per heavy atom. The molecule has 0 amide bonds. The number of rotatable bonds is 1. The van der Waals surface area contributed by atoms with Gasteiger partial charge in [-0.1, -0.05) is 17.2 Å². The molecule has 19 heavy (non-hydrogen) atoms. The van der Waals surface area contributed by atoms with Gasteiger partial charge in [-0.05, 0) is 56.7 Å². The second kappa shape index (κ2) is 4.93. The van der Waals surface area contributed by atoms with Crippen LogP contribution in [0.4, 0.5) is 0 Å². The maximum atomic E-state index is 6.42. The zero-order valence-corrected chi connectivity index (χ0v) is 13.2. The second-order valence-electron chi connectivity index (χ2n) is 5.55. The normalized spacial score (nSPS) is 15.6. The van der Waals surface area contributed by atoms with E-state index in [1.165, 1.54) is 31.7 Å². The maximum Gasteiger partial charge on any atom is 0.0445 e. The lowest BCUT2D eigenvalue weighted by atomic mass is 10.0. The molecule has 0 atom stereocenters. The monoisotopic (exact) mass is 291 g/mol. The Bertz CT molecular complexity index is 665. The van der Waals surface area contributed by atoms with Gasteiger partial charge in [0, 0.05) is 33.1 Å². The fourth-order valence-electron chi connectivity index (χ4n) is 2.75. The van der Waals surface area contributed by atoms with E-state index in [9.17, 15) is 0 Å². The Morgan fingerprint density at radius 3 is 2.84 bits per heavy atom. The highest BCUT2D eigenvalue weighted by atomic mass is 35.5. The van der Waals surface area contributed by atoms with Crippen LogP contribution in [-0.4, -0.2) is 18.5 Å². The fourth-order valence-corrected chi connectivity index (χ4v) is 4.31. The van der Waals surface area contributed by atoms with E-state index in [1.54, 1.807) is 0 Å². The van der Waals surface area contributed by atoms with Gasteiger partial charge in [0.1, 0.15) is 0 Å². The molecule has 0 saturated heterocycles. The summed E-state index contributed by atoms with van der Waals surface area (Å²) in [6.07, 6.45) is 3.35. The average Bonchev–Trinajstić information content (AvgIpc) is 2.55. The first kappa shape index (κ1) is 13.2. The minimum atomic E-state index is 0.922. The zero-order valence-electron chi connectivity index (χ0n) is 11.6. The molecule has 100 valence electrons. The SMILES string of the molecule is CC(C)=Cc1sc2ccc(Cl)c3c2c1CN(C)CC3. The maximum absolute atomic E-state index is 6.42. The lowest BCUT2D eigenvalue weighted by molar-refractivity contribution is 0.337. The van der Waals surface area contributed by atoms with Gasteiger partial charge in [0.15, 0.2) is 0 Å². The minimum absolute atomic E-state index is 0.922. The van der Waals surface area contributed by atoms with E-state index in [4.69, 9.17) is 11.6 Å². The third kappa shape index (κ3) is 2.33. The number of allylic oxidation sites excluding steroid dienone is 1. The van der Waals surface area contributed by atoms with Crippen LogP contribution in [-0.2, 0) is 13.0 Å². The van der Waals surface area contributed by atoms with Crippen molar-refractivity contribution in [2.24, 2.45) is 0 Å². The lowest BCUT2D eigenvalue weighted by Crippen LogP contribution is -2.18. The summed E-state index contributed by atoms with van der Waals surface area (Å²) in [7, 11) is 2.19. The van der Waals surface area contributed by atoms with E-state index in [0.717, 1.165) is 24.5 Å².